The molecule has 0 aromatic carbocycles. The summed E-state index contributed by atoms with van der Waals surface area (Å²) in [4.78, 5) is 0. The summed E-state index contributed by atoms with van der Waals surface area (Å²) in [5.74, 6) is 0. The maximum atomic E-state index is 8.34. The standard InChI is InChI=1S/2C5H5.O.Zr/c2*1-2-4-5-3-1;;/h2*1-5H;;. The Bertz CT molecular complexity index is 52.7. The summed E-state index contributed by atoms with van der Waals surface area (Å²) in [6, 6.07) is 0. The van der Waals surface area contributed by atoms with E-state index in [1.54, 1.807) is 0 Å². The van der Waals surface area contributed by atoms with Crippen molar-refractivity contribution >= 4 is 0 Å². The molecular formula is C10H10OZr. The maximum absolute atomic E-state index is 8.34. The van der Waals surface area contributed by atoms with Crippen molar-refractivity contribution in [1.29, 1.82) is 0 Å². The number of hydrogen-bond acceptors (Lipinski definition) is 1. The van der Waals surface area contributed by atoms with Crippen LogP contribution in [0.25, 0.3) is 0 Å². The molecule has 0 aromatic rings. The van der Waals surface area contributed by atoms with Gasteiger partial charge in [0.1, 0.15) is 0 Å². The summed E-state index contributed by atoms with van der Waals surface area (Å²) < 4.78 is 8.34. The first-order chi connectivity index (χ1) is 6.00. The second-order valence-electron chi connectivity index (χ2n) is 1.92. The van der Waals surface area contributed by atoms with Crippen LogP contribution < -0.4 is 0 Å². The normalized spacial score (nSPS) is 20.2. The molecule has 2 aliphatic carbocycles. The molecule has 2 aliphatic rings. The molecule has 0 aliphatic heterocycles. The Morgan fingerprint density at radius 1 is 0.417 bits per heavy atom. The fourth-order valence-corrected chi connectivity index (χ4v) is 0.642. The zero-order chi connectivity index (χ0) is 9.07. The summed E-state index contributed by atoms with van der Waals surface area (Å²) in [6.07, 6.45) is 20.0. The van der Waals surface area contributed by atoms with Crippen molar-refractivity contribution in [2.45, 2.75) is 0 Å². The summed E-state index contributed by atoms with van der Waals surface area (Å²) in [6.45, 7) is 0. The van der Waals surface area contributed by atoms with Crippen LogP contribution in [0.1, 0.15) is 0 Å². The van der Waals surface area contributed by atoms with E-state index < -0.39 is 0 Å². The van der Waals surface area contributed by atoms with Crippen LogP contribution in [0, 0.1) is 64.2 Å². The molecule has 0 unspecified atom stereocenters. The molecule has 0 aromatic heterocycles. The van der Waals surface area contributed by atoms with E-state index in [1.165, 1.54) is 0 Å². The van der Waals surface area contributed by atoms with Crippen LogP contribution in [-0.2, 0) is 27.5 Å². The van der Waals surface area contributed by atoms with Gasteiger partial charge in [0.15, 0.2) is 0 Å². The number of rotatable bonds is 0. The van der Waals surface area contributed by atoms with Gasteiger partial charge >= 0.3 is 27.5 Å². The fourth-order valence-electron chi connectivity index (χ4n) is 0.642. The van der Waals surface area contributed by atoms with Crippen molar-refractivity contribution in [1.82, 2.24) is 0 Å². The molecular weight excluding hydrogens is 227 g/mol. The Morgan fingerprint density at radius 3 is 0.583 bits per heavy atom. The first-order valence-electron chi connectivity index (χ1n) is 3.54. The quantitative estimate of drug-likeness (QED) is 0.629. The van der Waals surface area contributed by atoms with Crippen LogP contribution in [0.5, 0.6) is 0 Å². The van der Waals surface area contributed by atoms with Crippen LogP contribution in [0.4, 0.5) is 0 Å². The summed E-state index contributed by atoms with van der Waals surface area (Å²) in [5, 5.41) is 0. The average Bonchev–Trinajstić information content (AvgIpc) is 2.87. The van der Waals surface area contributed by atoms with Gasteiger partial charge in [-0.25, -0.2) is 0 Å². The van der Waals surface area contributed by atoms with Gasteiger partial charge in [-0.1, -0.05) is 0 Å². The molecule has 0 bridgehead atoms. The molecule has 2 rings (SSSR count). The molecule has 12 heavy (non-hydrogen) atoms. The van der Waals surface area contributed by atoms with Crippen molar-refractivity contribution in [3.8, 4) is 0 Å². The van der Waals surface area contributed by atoms with E-state index in [0.717, 1.165) is 0 Å². The fraction of sp³-hybridized carbons (Fsp3) is 0. The van der Waals surface area contributed by atoms with Crippen molar-refractivity contribution in [2.24, 2.45) is 0 Å². The Kier molecular flexibility index (Phi) is 12.3. The molecule has 2 saturated carbocycles. The van der Waals surface area contributed by atoms with Crippen LogP contribution >= 0.6 is 0 Å². The van der Waals surface area contributed by atoms with Crippen LogP contribution in [0.3, 0.4) is 0 Å². The average molecular weight is 237 g/mol. The molecule has 10 radical (unpaired) electrons. The van der Waals surface area contributed by atoms with Gasteiger partial charge in [-0.3, -0.25) is 0 Å². The predicted octanol–water partition coefficient (Wildman–Crippen LogP) is 1.92. The van der Waals surface area contributed by atoms with Crippen LogP contribution in [-0.4, -0.2) is 0 Å². The molecule has 1 nitrogen and oxygen atoms in total. The number of hydrogen-bond donors (Lipinski definition) is 0. The molecule has 0 amide bonds. The zero-order valence-electron chi connectivity index (χ0n) is 6.68. The van der Waals surface area contributed by atoms with Gasteiger partial charge in [0.05, 0.1) is 0 Å². The first kappa shape index (κ1) is 12.7. The predicted molar refractivity (Wildman–Crippen MR) is 43.7 cm³/mol. The molecule has 0 heterocycles. The van der Waals surface area contributed by atoms with Gasteiger partial charge in [-0.15, -0.1) is 0 Å². The Hall–Kier alpha value is 0.683. The summed E-state index contributed by atoms with van der Waals surface area (Å²) in [7, 11) is 0. The van der Waals surface area contributed by atoms with E-state index in [9.17, 15) is 0 Å². The van der Waals surface area contributed by atoms with Gasteiger partial charge in [0.2, 0.25) is 0 Å². The van der Waals surface area contributed by atoms with E-state index in [-0.39, 0.29) is 0 Å². The van der Waals surface area contributed by atoms with Gasteiger partial charge in [0, 0.05) is 0 Å². The van der Waals surface area contributed by atoms with E-state index in [2.05, 4.69) is 0 Å². The third kappa shape index (κ3) is 8.78. The van der Waals surface area contributed by atoms with Crippen molar-refractivity contribution in [3.05, 3.63) is 64.2 Å². The van der Waals surface area contributed by atoms with Gasteiger partial charge < -0.3 is 0 Å². The second kappa shape index (κ2) is 11.7. The first-order valence-corrected chi connectivity index (χ1v) is 4.54. The summed E-state index contributed by atoms with van der Waals surface area (Å²) >= 11 is 0.300. The van der Waals surface area contributed by atoms with Crippen LogP contribution in [0.2, 0.25) is 0 Å². The molecule has 0 atom stereocenters. The van der Waals surface area contributed by atoms with Gasteiger partial charge in [0.25, 0.3) is 0 Å². The van der Waals surface area contributed by atoms with Gasteiger partial charge in [-0.05, 0) is 64.2 Å². The molecule has 2 fully saturated rings. The molecule has 0 saturated heterocycles. The van der Waals surface area contributed by atoms with Crippen LogP contribution in [0.15, 0.2) is 0 Å². The minimum absolute atomic E-state index is 0.300. The zero-order valence-corrected chi connectivity index (χ0v) is 9.14. The molecule has 2 heteroatoms. The Labute approximate surface area is 91.6 Å². The summed E-state index contributed by atoms with van der Waals surface area (Å²) in [5.41, 5.74) is 0. The Morgan fingerprint density at radius 2 is 0.500 bits per heavy atom. The minimum atomic E-state index is 0.300. The van der Waals surface area contributed by atoms with E-state index in [1.807, 2.05) is 64.2 Å². The van der Waals surface area contributed by atoms with Crippen molar-refractivity contribution < 1.29 is 27.5 Å². The van der Waals surface area contributed by atoms with Crippen molar-refractivity contribution in [2.75, 3.05) is 0 Å². The molecule has 60 valence electrons. The second-order valence-corrected chi connectivity index (χ2v) is 1.92. The molecule has 0 spiro atoms. The molecule has 0 N–H and O–H groups in total. The van der Waals surface area contributed by atoms with E-state index in [0.29, 0.717) is 24.7 Å². The SMILES string of the molecule is [CH]1[CH][CH][CH][CH]1.[CH]1[CH][CH][CH][CH]1.[O]=[Zr]. The van der Waals surface area contributed by atoms with Gasteiger partial charge in [-0.2, -0.15) is 0 Å². The topological polar surface area (TPSA) is 17.1 Å². The third-order valence-electron chi connectivity index (χ3n) is 1.11. The van der Waals surface area contributed by atoms with E-state index in [4.69, 9.17) is 2.81 Å². The third-order valence-corrected chi connectivity index (χ3v) is 1.11. The van der Waals surface area contributed by atoms with E-state index >= 15 is 0 Å². The Balaban J connectivity index is 0.000000168. The monoisotopic (exact) mass is 236 g/mol. The van der Waals surface area contributed by atoms with Crippen molar-refractivity contribution in [3.63, 3.8) is 0 Å².